The van der Waals surface area contributed by atoms with Gasteiger partial charge in [-0.25, -0.2) is 0 Å². The quantitative estimate of drug-likeness (QED) is 0.601. The van der Waals surface area contributed by atoms with Crippen LogP contribution in [0.2, 0.25) is 5.02 Å². The number of phenolic OH excluding ortho intramolecular Hbond substituents is 3. The van der Waals surface area contributed by atoms with Crippen molar-refractivity contribution in [2.75, 3.05) is 13.1 Å². The van der Waals surface area contributed by atoms with E-state index in [9.17, 15) is 15.3 Å². The van der Waals surface area contributed by atoms with Crippen molar-refractivity contribution in [3.63, 3.8) is 0 Å². The van der Waals surface area contributed by atoms with Gasteiger partial charge in [-0.2, -0.15) is 0 Å². The van der Waals surface area contributed by atoms with Crippen molar-refractivity contribution in [2.24, 2.45) is 0 Å². The third-order valence-corrected chi connectivity index (χ3v) is 4.33. The van der Waals surface area contributed by atoms with Gasteiger partial charge in [-0.1, -0.05) is 23.7 Å². The molecule has 1 aliphatic heterocycles. The number of phenols is 3. The number of halogens is 2. The van der Waals surface area contributed by atoms with Gasteiger partial charge in [-0.15, -0.1) is 12.4 Å². The van der Waals surface area contributed by atoms with E-state index in [0.717, 1.165) is 23.2 Å². The molecule has 0 amide bonds. The van der Waals surface area contributed by atoms with Gasteiger partial charge in [0, 0.05) is 12.5 Å². The van der Waals surface area contributed by atoms with Gasteiger partial charge in [-0.3, -0.25) is 0 Å². The first-order valence-electron chi connectivity index (χ1n) is 6.80. The molecule has 1 unspecified atom stereocenters. The summed E-state index contributed by atoms with van der Waals surface area (Å²) in [5.74, 6) is -0.245. The van der Waals surface area contributed by atoms with Gasteiger partial charge in [0.1, 0.15) is 5.75 Å². The molecule has 4 N–H and O–H groups in total. The zero-order valence-corrected chi connectivity index (χ0v) is 13.3. The van der Waals surface area contributed by atoms with Crippen LogP contribution in [-0.2, 0) is 6.42 Å². The van der Waals surface area contributed by atoms with Crippen LogP contribution in [0.3, 0.4) is 0 Å². The number of hydrogen-bond acceptors (Lipinski definition) is 4. The fourth-order valence-electron chi connectivity index (χ4n) is 2.82. The molecule has 4 nitrogen and oxygen atoms in total. The minimum absolute atomic E-state index is 0. The summed E-state index contributed by atoms with van der Waals surface area (Å²) in [6, 6.07) is 8.58. The molecule has 0 spiro atoms. The zero-order chi connectivity index (χ0) is 15.0. The Kier molecular flexibility index (Phi) is 5.06. The molecular formula is C16H17Cl2NO3. The maximum atomic E-state index is 9.86. The Morgan fingerprint density at radius 3 is 2.45 bits per heavy atom. The summed E-state index contributed by atoms with van der Waals surface area (Å²) in [5, 5.41) is 32.7. The smallest absolute Gasteiger partial charge is 0.176 e. The summed E-state index contributed by atoms with van der Waals surface area (Å²) < 4.78 is 0. The van der Waals surface area contributed by atoms with Crippen LogP contribution in [0.15, 0.2) is 30.3 Å². The van der Waals surface area contributed by atoms with Crippen LogP contribution < -0.4 is 5.32 Å². The van der Waals surface area contributed by atoms with Gasteiger partial charge in [0.25, 0.3) is 0 Å². The lowest BCUT2D eigenvalue weighted by atomic mass is 9.87. The minimum atomic E-state index is -0.262. The Morgan fingerprint density at radius 1 is 1.09 bits per heavy atom. The van der Waals surface area contributed by atoms with Crippen LogP contribution in [0.5, 0.6) is 17.2 Å². The number of benzene rings is 2. The molecule has 22 heavy (non-hydrogen) atoms. The molecule has 0 aliphatic carbocycles. The molecule has 1 aliphatic rings. The van der Waals surface area contributed by atoms with E-state index in [4.69, 9.17) is 11.6 Å². The second-order valence-corrected chi connectivity index (χ2v) is 5.60. The first kappa shape index (κ1) is 16.7. The third-order valence-electron chi connectivity index (χ3n) is 3.93. The molecule has 118 valence electrons. The van der Waals surface area contributed by atoms with Gasteiger partial charge in [0.05, 0.1) is 5.02 Å². The van der Waals surface area contributed by atoms with E-state index in [0.29, 0.717) is 13.0 Å². The van der Waals surface area contributed by atoms with Gasteiger partial charge in [-0.05, 0) is 47.9 Å². The van der Waals surface area contributed by atoms with Crippen LogP contribution in [0.4, 0.5) is 0 Å². The van der Waals surface area contributed by atoms with Crippen LogP contribution in [0.25, 0.3) is 0 Å². The van der Waals surface area contributed by atoms with Gasteiger partial charge in [0.2, 0.25) is 0 Å². The lowest BCUT2D eigenvalue weighted by Gasteiger charge is -2.20. The molecule has 0 saturated carbocycles. The first-order valence-corrected chi connectivity index (χ1v) is 7.18. The van der Waals surface area contributed by atoms with E-state index < -0.39 is 0 Å². The Hall–Kier alpha value is -1.62. The molecule has 2 aromatic rings. The Bertz CT molecular complexity index is 674. The van der Waals surface area contributed by atoms with Crippen LogP contribution in [0, 0.1) is 0 Å². The first-order chi connectivity index (χ1) is 10.1. The molecule has 1 atom stereocenters. The number of rotatable bonds is 1. The lowest BCUT2D eigenvalue weighted by Crippen LogP contribution is -2.20. The van der Waals surface area contributed by atoms with Crippen molar-refractivity contribution in [2.45, 2.75) is 12.3 Å². The fraction of sp³-hybridized carbons (Fsp3) is 0.250. The van der Waals surface area contributed by atoms with Crippen molar-refractivity contribution in [1.29, 1.82) is 0 Å². The molecule has 0 radical (unpaired) electrons. The fourth-order valence-corrected chi connectivity index (χ4v) is 3.12. The molecule has 1 heterocycles. The summed E-state index contributed by atoms with van der Waals surface area (Å²) in [5.41, 5.74) is 2.78. The van der Waals surface area contributed by atoms with E-state index >= 15 is 0 Å². The maximum Gasteiger partial charge on any atom is 0.176 e. The van der Waals surface area contributed by atoms with Gasteiger partial charge in [0.15, 0.2) is 11.5 Å². The number of fused-ring (bicyclic) bond motifs is 1. The standard InChI is InChI=1S/C16H16ClNO3.ClH/c17-15-11-5-6-18-8-13(9-1-3-10(19)4-2-9)12(11)7-14(20)16(15)21;/h1-4,7,13,18-21H,5-6,8H2;1H. The summed E-state index contributed by atoms with van der Waals surface area (Å²) in [4.78, 5) is 0. The summed E-state index contributed by atoms with van der Waals surface area (Å²) >= 11 is 6.19. The predicted octanol–water partition coefficient (Wildman–Crippen LogP) is 3.16. The van der Waals surface area contributed by atoms with Crippen molar-refractivity contribution in [3.8, 4) is 17.2 Å². The van der Waals surface area contributed by atoms with E-state index in [1.54, 1.807) is 18.2 Å². The number of hydrogen-bond donors (Lipinski definition) is 4. The molecule has 0 saturated heterocycles. The highest BCUT2D eigenvalue weighted by molar-refractivity contribution is 6.33. The van der Waals surface area contributed by atoms with Gasteiger partial charge >= 0.3 is 0 Å². The molecule has 6 heteroatoms. The average Bonchev–Trinajstić information content (AvgIpc) is 2.68. The summed E-state index contributed by atoms with van der Waals surface area (Å²) in [6.07, 6.45) is 0.691. The van der Waals surface area contributed by atoms with E-state index in [2.05, 4.69) is 5.32 Å². The maximum absolute atomic E-state index is 9.86. The monoisotopic (exact) mass is 341 g/mol. The second-order valence-electron chi connectivity index (χ2n) is 5.22. The van der Waals surface area contributed by atoms with E-state index in [1.807, 2.05) is 12.1 Å². The molecule has 0 aromatic heterocycles. The van der Waals surface area contributed by atoms with Crippen molar-refractivity contribution < 1.29 is 15.3 Å². The number of nitrogens with one attached hydrogen (secondary N) is 1. The normalized spacial score (nSPS) is 17.2. The highest BCUT2D eigenvalue weighted by Crippen LogP contribution is 2.42. The molecule has 3 rings (SSSR count). The highest BCUT2D eigenvalue weighted by Gasteiger charge is 2.25. The number of aromatic hydroxyl groups is 3. The minimum Gasteiger partial charge on any atom is -0.508 e. The summed E-state index contributed by atoms with van der Waals surface area (Å²) in [6.45, 7) is 1.46. The highest BCUT2D eigenvalue weighted by atomic mass is 35.5. The topological polar surface area (TPSA) is 72.7 Å². The van der Waals surface area contributed by atoms with Gasteiger partial charge < -0.3 is 20.6 Å². The van der Waals surface area contributed by atoms with Crippen molar-refractivity contribution in [1.82, 2.24) is 5.32 Å². The summed E-state index contributed by atoms with van der Waals surface area (Å²) in [7, 11) is 0. The predicted molar refractivity (Wildman–Crippen MR) is 88.6 cm³/mol. The molecule has 0 fully saturated rings. The van der Waals surface area contributed by atoms with E-state index in [1.165, 1.54) is 0 Å². The Morgan fingerprint density at radius 2 is 1.77 bits per heavy atom. The Balaban J connectivity index is 0.00000176. The SMILES string of the molecule is Cl.Oc1ccc(C2CNCCc3c2cc(O)c(O)c3Cl)cc1. The van der Waals surface area contributed by atoms with E-state index in [-0.39, 0.29) is 40.6 Å². The van der Waals surface area contributed by atoms with Crippen LogP contribution in [0.1, 0.15) is 22.6 Å². The van der Waals surface area contributed by atoms with Crippen molar-refractivity contribution >= 4 is 24.0 Å². The largest absolute Gasteiger partial charge is 0.508 e. The second kappa shape index (κ2) is 6.65. The third kappa shape index (κ3) is 2.95. The molecule has 2 aromatic carbocycles. The van der Waals surface area contributed by atoms with Crippen LogP contribution >= 0.6 is 24.0 Å². The van der Waals surface area contributed by atoms with Crippen molar-refractivity contribution in [3.05, 3.63) is 52.0 Å². The Labute approximate surface area is 139 Å². The lowest BCUT2D eigenvalue weighted by molar-refractivity contribution is 0.402. The van der Waals surface area contributed by atoms with Crippen LogP contribution in [-0.4, -0.2) is 28.4 Å². The molecular weight excluding hydrogens is 325 g/mol. The zero-order valence-electron chi connectivity index (χ0n) is 11.7. The molecule has 0 bridgehead atoms. The average molecular weight is 342 g/mol.